The third kappa shape index (κ3) is 3.58. The highest BCUT2D eigenvalue weighted by Crippen LogP contribution is 2.21. The van der Waals surface area contributed by atoms with Crippen LogP contribution >= 0.6 is 0 Å². The number of nitrogens with zero attached hydrogens (tertiary/aromatic N) is 2. The summed E-state index contributed by atoms with van der Waals surface area (Å²) in [7, 11) is -0.682. The first-order valence-corrected chi connectivity index (χ1v) is 7.07. The van der Waals surface area contributed by atoms with Gasteiger partial charge in [0, 0.05) is 19.7 Å². The Kier molecular flexibility index (Phi) is 5.13. The summed E-state index contributed by atoms with van der Waals surface area (Å²) < 4.78 is 30.0. The number of benzene rings is 1. The Hall–Kier alpha value is -1.80. The number of ether oxygens (including phenoxy) is 1. The summed E-state index contributed by atoms with van der Waals surface area (Å²) in [6, 6.07) is 6.50. The molecule has 0 saturated heterocycles. The molecule has 0 fully saturated rings. The zero-order valence-corrected chi connectivity index (χ0v) is 11.6. The van der Waals surface area contributed by atoms with E-state index < -0.39 is 10.0 Å². The van der Waals surface area contributed by atoms with E-state index in [2.05, 4.69) is 5.16 Å². The van der Waals surface area contributed by atoms with E-state index in [1.807, 2.05) is 0 Å². The molecule has 0 radical (unpaired) electrons. The lowest BCUT2D eigenvalue weighted by Crippen LogP contribution is -2.32. The summed E-state index contributed by atoms with van der Waals surface area (Å²) >= 11 is 0. The summed E-state index contributed by atoms with van der Waals surface area (Å²) in [6.45, 7) is 0.0956. The average Bonchev–Trinajstić information content (AvgIpc) is 2.43. The van der Waals surface area contributed by atoms with E-state index in [4.69, 9.17) is 15.7 Å². The number of rotatable bonds is 6. The maximum absolute atomic E-state index is 12.1. The molecule has 0 aromatic heterocycles. The fraction of sp³-hybridized carbons (Fsp3) is 0.364. The van der Waals surface area contributed by atoms with E-state index in [1.54, 1.807) is 24.3 Å². The fourth-order valence-electron chi connectivity index (χ4n) is 1.49. The second kappa shape index (κ2) is 6.39. The van der Waals surface area contributed by atoms with Crippen LogP contribution in [0.5, 0.6) is 0 Å². The lowest BCUT2D eigenvalue weighted by atomic mass is 10.1. The van der Waals surface area contributed by atoms with Crippen molar-refractivity contribution in [2.45, 2.75) is 0 Å². The van der Waals surface area contributed by atoms with E-state index in [9.17, 15) is 8.42 Å². The Balaban J connectivity index is 3.16. The number of amidine groups is 1. The van der Waals surface area contributed by atoms with Gasteiger partial charge in [-0.15, -0.1) is 0 Å². The second-order valence-electron chi connectivity index (χ2n) is 3.78. The predicted molar refractivity (Wildman–Crippen MR) is 73.0 cm³/mol. The number of para-hydroxylation sites is 1. The first-order valence-electron chi connectivity index (χ1n) is 5.46. The topological polar surface area (TPSA) is 105 Å². The van der Waals surface area contributed by atoms with Crippen molar-refractivity contribution in [2.75, 3.05) is 30.8 Å². The third-order valence-electron chi connectivity index (χ3n) is 2.59. The Labute approximate surface area is 112 Å². The first-order chi connectivity index (χ1) is 8.94. The van der Waals surface area contributed by atoms with Gasteiger partial charge in [-0.3, -0.25) is 4.31 Å². The number of sulfonamides is 1. The Morgan fingerprint density at radius 2 is 2.11 bits per heavy atom. The molecule has 1 rings (SSSR count). The predicted octanol–water partition coefficient (Wildman–Crippen LogP) is 0.193. The molecule has 0 aliphatic rings. The normalized spacial score (nSPS) is 12.4. The molecule has 106 valence electrons. The summed E-state index contributed by atoms with van der Waals surface area (Å²) in [6.07, 6.45) is 0. The summed E-state index contributed by atoms with van der Waals surface area (Å²) in [5, 5.41) is 11.6. The maximum Gasteiger partial charge on any atom is 0.237 e. The van der Waals surface area contributed by atoms with Gasteiger partial charge in [-0.2, -0.15) is 0 Å². The van der Waals surface area contributed by atoms with Crippen LogP contribution in [0, 0.1) is 0 Å². The van der Waals surface area contributed by atoms with Crippen molar-refractivity contribution in [3.63, 3.8) is 0 Å². The molecule has 0 heterocycles. The highest BCUT2D eigenvalue weighted by atomic mass is 32.2. The van der Waals surface area contributed by atoms with Crippen LogP contribution in [-0.4, -0.2) is 46.0 Å². The number of methoxy groups -OCH3 is 1. The molecular weight excluding hydrogens is 270 g/mol. The van der Waals surface area contributed by atoms with Crippen molar-refractivity contribution in [2.24, 2.45) is 10.9 Å². The molecule has 3 N–H and O–H groups in total. The van der Waals surface area contributed by atoms with Gasteiger partial charge in [-0.25, -0.2) is 8.42 Å². The molecule has 0 unspecified atom stereocenters. The van der Waals surface area contributed by atoms with Crippen molar-refractivity contribution in [3.05, 3.63) is 29.8 Å². The number of hydrogen-bond donors (Lipinski definition) is 2. The van der Waals surface area contributed by atoms with Gasteiger partial charge in [-0.1, -0.05) is 17.3 Å². The Morgan fingerprint density at radius 1 is 1.47 bits per heavy atom. The minimum atomic E-state index is -3.52. The minimum absolute atomic E-state index is 0.0956. The van der Waals surface area contributed by atoms with Crippen LogP contribution in [-0.2, 0) is 14.8 Å². The van der Waals surface area contributed by atoms with Crippen LogP contribution in [0.3, 0.4) is 0 Å². The van der Waals surface area contributed by atoms with Gasteiger partial charge in [0.25, 0.3) is 0 Å². The molecule has 0 aliphatic carbocycles. The standard InChI is InChI=1S/C11H17N3O4S/c1-14(19(16,17)8-7-18-2)10-6-4-3-5-9(10)11(12)13-15/h3-6,15H,7-8H2,1-2H3,(H2,12,13). The molecule has 19 heavy (non-hydrogen) atoms. The fourth-order valence-corrected chi connectivity index (χ4v) is 2.60. The molecule has 8 heteroatoms. The largest absolute Gasteiger partial charge is 0.409 e. The van der Waals surface area contributed by atoms with E-state index >= 15 is 0 Å². The molecule has 0 amide bonds. The molecule has 0 aliphatic heterocycles. The number of oxime groups is 1. The maximum atomic E-state index is 12.1. The first kappa shape index (κ1) is 15.3. The summed E-state index contributed by atoms with van der Waals surface area (Å²) in [5.41, 5.74) is 6.21. The van der Waals surface area contributed by atoms with Crippen LogP contribution in [0.1, 0.15) is 5.56 Å². The molecule has 1 aromatic carbocycles. The zero-order valence-electron chi connectivity index (χ0n) is 10.8. The molecule has 0 bridgehead atoms. The number of nitrogens with two attached hydrogens (primary N) is 1. The van der Waals surface area contributed by atoms with Crippen molar-refractivity contribution in [1.82, 2.24) is 0 Å². The smallest absolute Gasteiger partial charge is 0.237 e. The van der Waals surface area contributed by atoms with E-state index in [0.29, 0.717) is 11.3 Å². The van der Waals surface area contributed by atoms with E-state index in [1.165, 1.54) is 14.2 Å². The van der Waals surface area contributed by atoms with Crippen LogP contribution in [0.25, 0.3) is 0 Å². The van der Waals surface area contributed by atoms with Gasteiger partial charge in [0.15, 0.2) is 5.84 Å². The van der Waals surface area contributed by atoms with E-state index in [0.717, 1.165) is 4.31 Å². The van der Waals surface area contributed by atoms with Crippen molar-refractivity contribution < 1.29 is 18.4 Å². The number of anilines is 1. The van der Waals surface area contributed by atoms with Crippen LogP contribution in [0.2, 0.25) is 0 Å². The van der Waals surface area contributed by atoms with Crippen LogP contribution < -0.4 is 10.0 Å². The molecule has 7 nitrogen and oxygen atoms in total. The SMILES string of the molecule is COCCS(=O)(=O)N(C)c1ccccc1C(N)=NO. The minimum Gasteiger partial charge on any atom is -0.409 e. The molecule has 0 spiro atoms. The van der Waals surface area contributed by atoms with Gasteiger partial charge in [0.05, 0.1) is 18.0 Å². The van der Waals surface area contributed by atoms with Gasteiger partial charge in [0.2, 0.25) is 10.0 Å². The summed E-state index contributed by atoms with van der Waals surface area (Å²) in [5.74, 6) is -0.297. The quantitative estimate of drug-likeness (QED) is 0.336. The van der Waals surface area contributed by atoms with Crippen LogP contribution in [0.15, 0.2) is 29.4 Å². The molecule has 1 aromatic rings. The molecule has 0 atom stereocenters. The highest BCUT2D eigenvalue weighted by molar-refractivity contribution is 7.92. The van der Waals surface area contributed by atoms with E-state index in [-0.39, 0.29) is 18.2 Å². The van der Waals surface area contributed by atoms with Gasteiger partial charge < -0.3 is 15.7 Å². The van der Waals surface area contributed by atoms with Crippen LogP contribution in [0.4, 0.5) is 5.69 Å². The molecule has 0 saturated carbocycles. The third-order valence-corrected chi connectivity index (χ3v) is 4.30. The average molecular weight is 287 g/mol. The Morgan fingerprint density at radius 3 is 2.68 bits per heavy atom. The zero-order chi connectivity index (χ0) is 14.5. The monoisotopic (exact) mass is 287 g/mol. The van der Waals surface area contributed by atoms with Gasteiger partial charge in [0.1, 0.15) is 0 Å². The summed E-state index contributed by atoms with van der Waals surface area (Å²) in [4.78, 5) is 0. The lowest BCUT2D eigenvalue weighted by molar-refractivity contribution is 0.217. The number of hydrogen-bond acceptors (Lipinski definition) is 5. The van der Waals surface area contributed by atoms with Crippen molar-refractivity contribution >= 4 is 21.5 Å². The van der Waals surface area contributed by atoms with Gasteiger partial charge in [-0.05, 0) is 12.1 Å². The second-order valence-corrected chi connectivity index (χ2v) is 5.90. The van der Waals surface area contributed by atoms with Crippen molar-refractivity contribution in [3.8, 4) is 0 Å². The lowest BCUT2D eigenvalue weighted by Gasteiger charge is -2.21. The van der Waals surface area contributed by atoms with Crippen molar-refractivity contribution in [1.29, 1.82) is 0 Å². The van der Waals surface area contributed by atoms with Gasteiger partial charge >= 0.3 is 0 Å². The Bertz CT molecular complexity index is 557. The highest BCUT2D eigenvalue weighted by Gasteiger charge is 2.21. The molecular formula is C11H17N3O4S.